The van der Waals surface area contributed by atoms with Crippen LogP contribution in [0.5, 0.6) is 0 Å². The Kier molecular flexibility index (Phi) is 8.46. The molecule has 0 bridgehead atoms. The van der Waals surface area contributed by atoms with E-state index in [9.17, 15) is 22.8 Å². The van der Waals surface area contributed by atoms with Crippen molar-refractivity contribution in [2.24, 2.45) is 0 Å². The molecule has 1 saturated heterocycles. The van der Waals surface area contributed by atoms with Gasteiger partial charge in [-0.2, -0.15) is 23.0 Å². The monoisotopic (exact) mass is 503 g/mol. The number of aromatic nitrogens is 3. The molecule has 1 aliphatic heterocycles. The first-order valence-corrected chi connectivity index (χ1v) is 11.3. The zero-order valence-corrected chi connectivity index (χ0v) is 20.2. The molecule has 2 aromatic heterocycles. The molecule has 0 aliphatic carbocycles. The highest BCUT2D eigenvalue weighted by atomic mass is 19.4. The van der Waals surface area contributed by atoms with Crippen molar-refractivity contribution < 1.29 is 27.9 Å². The van der Waals surface area contributed by atoms with E-state index in [1.165, 1.54) is 30.3 Å². The standard InChI is InChI=1S/C18H22N4O3.C7H6F3N/c1-13-4-3-5-15(10-13)12-20-8-9-21(14(2)11-20)18(25)22-7-6-16(19-22)17(23)24;1-5-4-6(2-3-11-5)7(8,9)10/h3-7,10,14H,8-9,11-12H2,1-2H3,(H,23,24);2-4H,1H3. The van der Waals surface area contributed by atoms with Gasteiger partial charge in [0.15, 0.2) is 5.69 Å². The lowest BCUT2D eigenvalue weighted by molar-refractivity contribution is -0.137. The third-order valence-corrected chi connectivity index (χ3v) is 5.67. The second-order valence-electron chi connectivity index (χ2n) is 8.68. The van der Waals surface area contributed by atoms with Crippen LogP contribution in [0.25, 0.3) is 0 Å². The van der Waals surface area contributed by atoms with Crippen LogP contribution < -0.4 is 0 Å². The summed E-state index contributed by atoms with van der Waals surface area (Å²) in [5, 5.41) is 12.8. The fourth-order valence-corrected chi connectivity index (χ4v) is 3.93. The normalized spacial score (nSPS) is 16.3. The highest BCUT2D eigenvalue weighted by molar-refractivity contribution is 5.86. The lowest BCUT2D eigenvalue weighted by atomic mass is 10.1. The van der Waals surface area contributed by atoms with Crippen LogP contribution in [0.4, 0.5) is 18.0 Å². The fourth-order valence-electron chi connectivity index (χ4n) is 3.93. The third-order valence-electron chi connectivity index (χ3n) is 5.67. The smallest absolute Gasteiger partial charge is 0.416 e. The van der Waals surface area contributed by atoms with Gasteiger partial charge in [0.2, 0.25) is 0 Å². The molecule has 1 amide bonds. The average Bonchev–Trinajstić information content (AvgIpc) is 3.30. The Hall–Kier alpha value is -3.73. The van der Waals surface area contributed by atoms with Crippen LogP contribution >= 0.6 is 0 Å². The van der Waals surface area contributed by atoms with E-state index < -0.39 is 17.7 Å². The summed E-state index contributed by atoms with van der Waals surface area (Å²) in [5.74, 6) is -1.14. The van der Waals surface area contributed by atoms with Gasteiger partial charge in [0, 0.05) is 50.3 Å². The largest absolute Gasteiger partial charge is 0.476 e. The SMILES string of the molecule is Cc1cc(C(F)(F)F)ccn1.Cc1cccc(CN2CCN(C(=O)n3ccc(C(=O)O)n3)C(C)C2)c1. The molecule has 0 radical (unpaired) electrons. The zero-order chi connectivity index (χ0) is 26.5. The van der Waals surface area contributed by atoms with E-state index in [1.54, 1.807) is 4.90 Å². The second kappa shape index (κ2) is 11.3. The maximum atomic E-state index is 12.6. The molecule has 1 fully saturated rings. The van der Waals surface area contributed by atoms with Gasteiger partial charge in [0.25, 0.3) is 0 Å². The van der Waals surface area contributed by atoms with Crippen LogP contribution in [0.1, 0.15) is 39.8 Å². The van der Waals surface area contributed by atoms with Crippen LogP contribution in [0.3, 0.4) is 0 Å². The van der Waals surface area contributed by atoms with Gasteiger partial charge >= 0.3 is 18.2 Å². The minimum absolute atomic E-state index is 0.0311. The molecule has 1 unspecified atom stereocenters. The summed E-state index contributed by atoms with van der Waals surface area (Å²) in [6.07, 6.45) is -1.70. The number of benzene rings is 1. The molecule has 8 nitrogen and oxygen atoms in total. The zero-order valence-electron chi connectivity index (χ0n) is 20.2. The number of amides is 1. The van der Waals surface area contributed by atoms with Gasteiger partial charge < -0.3 is 10.0 Å². The summed E-state index contributed by atoms with van der Waals surface area (Å²) in [6, 6.07) is 11.5. The molecular weight excluding hydrogens is 475 g/mol. The number of alkyl halides is 3. The van der Waals surface area contributed by atoms with Crippen LogP contribution in [0.15, 0.2) is 54.9 Å². The molecule has 4 rings (SSSR count). The number of carboxylic acid groups (broad SMARTS) is 1. The van der Waals surface area contributed by atoms with Crippen molar-refractivity contribution in [3.05, 3.63) is 82.9 Å². The molecule has 36 heavy (non-hydrogen) atoms. The summed E-state index contributed by atoms with van der Waals surface area (Å²) < 4.78 is 36.9. The number of hydrogen-bond acceptors (Lipinski definition) is 5. The molecule has 1 N–H and O–H groups in total. The Balaban J connectivity index is 0.000000275. The van der Waals surface area contributed by atoms with Gasteiger partial charge in [0.05, 0.1) is 5.56 Å². The molecule has 11 heteroatoms. The average molecular weight is 504 g/mol. The van der Waals surface area contributed by atoms with Crippen molar-refractivity contribution in [2.75, 3.05) is 19.6 Å². The van der Waals surface area contributed by atoms with E-state index in [0.717, 1.165) is 42.6 Å². The third kappa shape index (κ3) is 7.14. The first-order chi connectivity index (χ1) is 16.9. The number of carboxylic acids is 1. The number of rotatable bonds is 3. The van der Waals surface area contributed by atoms with Gasteiger partial charge in [0.1, 0.15) is 0 Å². The molecule has 3 aromatic rings. The summed E-state index contributed by atoms with van der Waals surface area (Å²) in [6.45, 7) is 8.60. The summed E-state index contributed by atoms with van der Waals surface area (Å²) in [7, 11) is 0. The number of aromatic carboxylic acids is 1. The number of hydrogen-bond donors (Lipinski definition) is 1. The van der Waals surface area contributed by atoms with Crippen LogP contribution in [-0.2, 0) is 12.7 Å². The number of carbonyl (C=O) groups is 2. The van der Waals surface area contributed by atoms with Crippen molar-refractivity contribution in [3.63, 3.8) is 0 Å². The lowest BCUT2D eigenvalue weighted by Gasteiger charge is -2.39. The van der Waals surface area contributed by atoms with Crippen molar-refractivity contribution in [3.8, 4) is 0 Å². The first kappa shape index (κ1) is 26.9. The van der Waals surface area contributed by atoms with Gasteiger partial charge in [-0.25, -0.2) is 9.59 Å². The highest BCUT2D eigenvalue weighted by Crippen LogP contribution is 2.28. The van der Waals surface area contributed by atoms with Crippen LogP contribution in [-0.4, -0.2) is 67.3 Å². The molecule has 0 saturated carbocycles. The molecule has 1 atom stereocenters. The lowest BCUT2D eigenvalue weighted by Crippen LogP contribution is -2.54. The van der Waals surface area contributed by atoms with E-state index in [4.69, 9.17) is 5.11 Å². The van der Waals surface area contributed by atoms with Gasteiger partial charge in [-0.05, 0) is 44.5 Å². The quantitative estimate of drug-likeness (QED) is 0.567. The van der Waals surface area contributed by atoms with E-state index in [0.29, 0.717) is 12.2 Å². The second-order valence-corrected chi connectivity index (χ2v) is 8.68. The summed E-state index contributed by atoms with van der Waals surface area (Å²) >= 11 is 0. The molecule has 192 valence electrons. The molecule has 3 heterocycles. The Morgan fingerprint density at radius 2 is 1.86 bits per heavy atom. The van der Waals surface area contributed by atoms with E-state index in [2.05, 4.69) is 46.2 Å². The van der Waals surface area contributed by atoms with Gasteiger partial charge in [-0.15, -0.1) is 0 Å². The van der Waals surface area contributed by atoms with Crippen LogP contribution in [0, 0.1) is 13.8 Å². The number of aryl methyl sites for hydroxylation is 2. The van der Waals surface area contributed by atoms with Crippen molar-refractivity contribution in [2.45, 2.75) is 39.5 Å². The topological polar surface area (TPSA) is 91.6 Å². The number of nitrogens with zero attached hydrogens (tertiary/aromatic N) is 5. The van der Waals surface area contributed by atoms with E-state index in [-0.39, 0.29) is 17.8 Å². The first-order valence-electron chi connectivity index (χ1n) is 11.3. The van der Waals surface area contributed by atoms with E-state index in [1.807, 2.05) is 6.92 Å². The van der Waals surface area contributed by atoms with Crippen molar-refractivity contribution >= 4 is 12.0 Å². The number of pyridine rings is 1. The van der Waals surface area contributed by atoms with Crippen LogP contribution in [0.2, 0.25) is 0 Å². The Bertz CT molecular complexity index is 1210. The van der Waals surface area contributed by atoms with Gasteiger partial charge in [-0.1, -0.05) is 29.8 Å². The predicted molar refractivity (Wildman–Crippen MR) is 127 cm³/mol. The number of piperazine rings is 1. The maximum Gasteiger partial charge on any atom is 0.416 e. The maximum absolute atomic E-state index is 12.6. The fraction of sp³-hybridized carbons (Fsp3) is 0.360. The molecule has 1 aliphatic rings. The highest BCUT2D eigenvalue weighted by Gasteiger charge is 2.30. The predicted octanol–water partition coefficient (Wildman–Crippen LogP) is 4.47. The van der Waals surface area contributed by atoms with Gasteiger partial charge in [-0.3, -0.25) is 9.88 Å². The Labute approximate surface area is 207 Å². The molecule has 1 aromatic carbocycles. The number of carbonyl (C=O) groups excluding carboxylic acids is 1. The summed E-state index contributed by atoms with van der Waals surface area (Å²) in [5.41, 5.74) is 2.11. The van der Waals surface area contributed by atoms with E-state index >= 15 is 0 Å². The summed E-state index contributed by atoms with van der Waals surface area (Å²) in [4.78, 5) is 31.2. The van der Waals surface area contributed by atoms with Crippen molar-refractivity contribution in [1.29, 1.82) is 0 Å². The minimum atomic E-state index is -4.26. The Morgan fingerprint density at radius 1 is 1.11 bits per heavy atom. The molecular formula is C25H28F3N5O3. The Morgan fingerprint density at radius 3 is 2.42 bits per heavy atom. The molecule has 0 spiro atoms. The van der Waals surface area contributed by atoms with Crippen molar-refractivity contribution in [1.82, 2.24) is 24.6 Å². The number of halogens is 3. The minimum Gasteiger partial charge on any atom is -0.476 e.